The van der Waals surface area contributed by atoms with E-state index in [1.165, 1.54) is 0 Å². The number of aromatic nitrogens is 3. The highest BCUT2D eigenvalue weighted by Crippen LogP contribution is 2.28. The smallest absolute Gasteiger partial charge is 0.224 e. The van der Waals surface area contributed by atoms with Crippen molar-refractivity contribution < 1.29 is 4.79 Å². The molecule has 20 heavy (non-hydrogen) atoms. The number of benzene rings is 1. The van der Waals surface area contributed by atoms with Gasteiger partial charge in [-0.15, -0.1) is 5.10 Å². The topological polar surface area (TPSA) is 51.0 Å². The Bertz CT molecular complexity index is 619. The second kappa shape index (κ2) is 5.23. The molecule has 1 fully saturated rings. The lowest BCUT2D eigenvalue weighted by Gasteiger charge is -2.36. The zero-order chi connectivity index (χ0) is 14.1. The molecular weight excluding hydrogens is 252 g/mol. The van der Waals surface area contributed by atoms with E-state index >= 15 is 0 Å². The van der Waals surface area contributed by atoms with Crippen LogP contribution in [0.2, 0.25) is 0 Å². The third-order valence-electron chi connectivity index (χ3n) is 3.90. The molecule has 0 bridgehead atoms. The minimum absolute atomic E-state index is 0.0461. The molecule has 0 radical (unpaired) electrons. The maximum Gasteiger partial charge on any atom is 0.224 e. The number of hydrogen-bond donors (Lipinski definition) is 0. The fourth-order valence-corrected chi connectivity index (χ4v) is 2.96. The molecule has 1 atom stereocenters. The molecule has 1 aliphatic heterocycles. The molecule has 1 saturated heterocycles. The lowest BCUT2D eigenvalue weighted by molar-refractivity contribution is -0.139. The van der Waals surface area contributed by atoms with Crippen molar-refractivity contribution in [3.05, 3.63) is 24.3 Å². The molecule has 1 aromatic heterocycles. The number of piperidine rings is 1. The van der Waals surface area contributed by atoms with Gasteiger partial charge in [-0.3, -0.25) is 4.79 Å². The van der Waals surface area contributed by atoms with Gasteiger partial charge in [-0.05, 0) is 30.9 Å². The number of rotatable bonds is 3. The molecule has 2 heterocycles. The van der Waals surface area contributed by atoms with Crippen molar-refractivity contribution in [2.24, 2.45) is 5.92 Å². The van der Waals surface area contributed by atoms with Gasteiger partial charge in [-0.25, -0.2) is 4.68 Å². The van der Waals surface area contributed by atoms with Gasteiger partial charge in [0.1, 0.15) is 11.7 Å². The summed E-state index contributed by atoms with van der Waals surface area (Å²) < 4.78 is 1.91. The number of hydrogen-bond acceptors (Lipinski definition) is 3. The Morgan fingerprint density at radius 1 is 1.20 bits per heavy atom. The van der Waals surface area contributed by atoms with Crippen LogP contribution in [0.4, 0.5) is 0 Å². The monoisotopic (exact) mass is 272 g/mol. The number of fused-ring (bicyclic) bond motifs is 1. The van der Waals surface area contributed by atoms with Gasteiger partial charge in [0, 0.05) is 13.0 Å². The lowest BCUT2D eigenvalue weighted by atomic mass is 10.0. The fourth-order valence-electron chi connectivity index (χ4n) is 2.96. The first-order valence-electron chi connectivity index (χ1n) is 7.28. The number of para-hydroxylation sites is 1. The number of carbonyl (C=O) groups excluding carboxylic acids is 1. The molecular formula is C15H20N4O. The van der Waals surface area contributed by atoms with E-state index in [0.717, 1.165) is 30.4 Å². The van der Waals surface area contributed by atoms with Gasteiger partial charge >= 0.3 is 0 Å². The van der Waals surface area contributed by atoms with E-state index in [1.807, 2.05) is 33.8 Å². The number of likely N-dealkylation sites (tertiary alicyclic amines) is 1. The molecule has 0 N–H and O–H groups in total. The summed E-state index contributed by atoms with van der Waals surface area (Å²) in [5.74, 6) is 0.525. The van der Waals surface area contributed by atoms with Gasteiger partial charge < -0.3 is 4.90 Å². The van der Waals surface area contributed by atoms with Gasteiger partial charge in [-0.2, -0.15) is 0 Å². The summed E-state index contributed by atoms with van der Waals surface area (Å²) in [4.78, 5) is 14.2. The van der Waals surface area contributed by atoms with Crippen molar-refractivity contribution in [3.63, 3.8) is 0 Å². The first kappa shape index (κ1) is 13.1. The highest BCUT2D eigenvalue weighted by molar-refractivity contribution is 5.78. The Morgan fingerprint density at radius 3 is 2.75 bits per heavy atom. The number of carbonyl (C=O) groups is 1. The van der Waals surface area contributed by atoms with E-state index in [2.05, 4.69) is 24.2 Å². The quantitative estimate of drug-likeness (QED) is 0.863. The number of amides is 1. The summed E-state index contributed by atoms with van der Waals surface area (Å²) in [6, 6.07) is 7.91. The summed E-state index contributed by atoms with van der Waals surface area (Å²) in [6.07, 6.45) is 2.67. The van der Waals surface area contributed by atoms with Crippen LogP contribution in [-0.4, -0.2) is 32.3 Å². The van der Waals surface area contributed by atoms with Crippen LogP contribution in [-0.2, 0) is 4.79 Å². The molecule has 1 aromatic carbocycles. The minimum atomic E-state index is -0.0461. The van der Waals surface area contributed by atoms with Crippen LogP contribution in [0.3, 0.4) is 0 Å². The predicted molar refractivity (Wildman–Crippen MR) is 77.0 cm³/mol. The van der Waals surface area contributed by atoms with E-state index < -0.39 is 0 Å². The summed E-state index contributed by atoms with van der Waals surface area (Å²) in [6.45, 7) is 5.07. The fraction of sp³-hybridized carbons (Fsp3) is 0.533. The van der Waals surface area contributed by atoms with Crippen molar-refractivity contribution >= 4 is 16.9 Å². The standard InChI is InChI=1S/C15H20N4O/c1-11(2)15(18-10-6-5-9-14(18)20)19-13-8-4-3-7-12(13)16-17-19/h3-4,7-8,11,15H,5-6,9-10H2,1-2H3. The maximum absolute atomic E-state index is 12.2. The van der Waals surface area contributed by atoms with Gasteiger partial charge in [0.05, 0.1) is 5.52 Å². The summed E-state index contributed by atoms with van der Waals surface area (Å²) >= 11 is 0. The van der Waals surface area contributed by atoms with Crippen molar-refractivity contribution in [3.8, 4) is 0 Å². The van der Waals surface area contributed by atoms with Crippen LogP contribution < -0.4 is 0 Å². The second-order valence-electron chi connectivity index (χ2n) is 5.72. The molecule has 5 nitrogen and oxygen atoms in total. The summed E-state index contributed by atoms with van der Waals surface area (Å²) in [5, 5.41) is 8.52. The Morgan fingerprint density at radius 2 is 2.00 bits per heavy atom. The minimum Gasteiger partial charge on any atom is -0.320 e. The molecule has 0 aliphatic carbocycles. The van der Waals surface area contributed by atoms with Crippen molar-refractivity contribution in [1.82, 2.24) is 19.9 Å². The van der Waals surface area contributed by atoms with Crippen LogP contribution in [0.25, 0.3) is 11.0 Å². The van der Waals surface area contributed by atoms with Crippen LogP contribution in [0.5, 0.6) is 0 Å². The average molecular weight is 272 g/mol. The van der Waals surface area contributed by atoms with E-state index in [1.54, 1.807) is 0 Å². The van der Waals surface area contributed by atoms with Crippen LogP contribution in [0.1, 0.15) is 39.3 Å². The summed E-state index contributed by atoms with van der Waals surface area (Å²) in [5.41, 5.74) is 1.87. The van der Waals surface area contributed by atoms with Crippen LogP contribution >= 0.6 is 0 Å². The Hall–Kier alpha value is -1.91. The third kappa shape index (κ3) is 2.17. The highest BCUT2D eigenvalue weighted by Gasteiger charge is 2.31. The molecule has 5 heteroatoms. The van der Waals surface area contributed by atoms with Crippen LogP contribution in [0.15, 0.2) is 24.3 Å². The Labute approximate surface area is 118 Å². The van der Waals surface area contributed by atoms with Crippen molar-refractivity contribution in [2.45, 2.75) is 39.3 Å². The van der Waals surface area contributed by atoms with Gasteiger partial charge in [0.15, 0.2) is 0 Å². The molecule has 1 amide bonds. The van der Waals surface area contributed by atoms with E-state index in [-0.39, 0.29) is 12.1 Å². The normalized spacial score (nSPS) is 17.9. The van der Waals surface area contributed by atoms with Crippen LogP contribution in [0, 0.1) is 5.92 Å². The van der Waals surface area contributed by atoms with Crippen molar-refractivity contribution in [1.29, 1.82) is 0 Å². The molecule has 2 aromatic rings. The first-order valence-corrected chi connectivity index (χ1v) is 7.28. The third-order valence-corrected chi connectivity index (χ3v) is 3.90. The Balaban J connectivity index is 2.04. The maximum atomic E-state index is 12.2. The molecule has 0 spiro atoms. The van der Waals surface area contributed by atoms with Gasteiger partial charge in [0.25, 0.3) is 0 Å². The molecule has 3 rings (SSSR count). The van der Waals surface area contributed by atoms with Gasteiger partial charge in [-0.1, -0.05) is 31.2 Å². The lowest BCUT2D eigenvalue weighted by Crippen LogP contribution is -2.43. The zero-order valence-electron chi connectivity index (χ0n) is 12.0. The van der Waals surface area contributed by atoms with Crippen molar-refractivity contribution in [2.75, 3.05) is 6.54 Å². The highest BCUT2D eigenvalue weighted by atomic mass is 16.2. The van der Waals surface area contributed by atoms with E-state index in [9.17, 15) is 4.79 Å². The largest absolute Gasteiger partial charge is 0.320 e. The molecule has 1 unspecified atom stereocenters. The second-order valence-corrected chi connectivity index (χ2v) is 5.72. The number of nitrogens with zero attached hydrogens (tertiary/aromatic N) is 4. The first-order chi connectivity index (χ1) is 9.68. The average Bonchev–Trinajstić information content (AvgIpc) is 2.85. The zero-order valence-corrected chi connectivity index (χ0v) is 12.0. The molecule has 1 aliphatic rings. The summed E-state index contributed by atoms with van der Waals surface area (Å²) in [7, 11) is 0. The SMILES string of the molecule is CC(C)C(N1CCCCC1=O)n1nnc2ccccc21. The molecule has 0 saturated carbocycles. The van der Waals surface area contributed by atoms with Gasteiger partial charge in [0.2, 0.25) is 5.91 Å². The Kier molecular flexibility index (Phi) is 3.42. The molecule has 106 valence electrons. The van der Waals surface area contributed by atoms with E-state index in [4.69, 9.17) is 0 Å². The predicted octanol–water partition coefficient (Wildman–Crippen LogP) is 2.60. The van der Waals surface area contributed by atoms with E-state index in [0.29, 0.717) is 12.3 Å².